The summed E-state index contributed by atoms with van der Waals surface area (Å²) in [6.07, 6.45) is 1.48. The van der Waals surface area contributed by atoms with Gasteiger partial charge in [0.05, 0.1) is 24.8 Å². The Balaban J connectivity index is 2.13. The van der Waals surface area contributed by atoms with Gasteiger partial charge in [-0.1, -0.05) is 0 Å². The van der Waals surface area contributed by atoms with Crippen molar-refractivity contribution in [2.24, 2.45) is 7.05 Å². The van der Waals surface area contributed by atoms with E-state index in [1.54, 1.807) is 10.9 Å². The van der Waals surface area contributed by atoms with E-state index in [1.807, 2.05) is 14.0 Å². The molecule has 14 heavy (non-hydrogen) atoms. The molecule has 1 aliphatic rings. The van der Waals surface area contributed by atoms with E-state index in [2.05, 4.69) is 5.10 Å². The van der Waals surface area contributed by atoms with Crippen molar-refractivity contribution in [2.75, 3.05) is 12.5 Å². The van der Waals surface area contributed by atoms with Gasteiger partial charge in [0.2, 0.25) is 0 Å². The average Bonchev–Trinajstić information content (AvgIpc) is 2.75. The van der Waals surface area contributed by atoms with Crippen molar-refractivity contribution in [3.05, 3.63) is 17.5 Å². The highest BCUT2D eigenvalue weighted by molar-refractivity contribution is 6.18. The average molecular weight is 217 g/mol. The van der Waals surface area contributed by atoms with Crippen LogP contribution in [0, 0.1) is 6.92 Å². The van der Waals surface area contributed by atoms with Crippen LogP contribution in [0.3, 0.4) is 0 Å². The Labute approximate surface area is 87.8 Å². The van der Waals surface area contributed by atoms with E-state index in [9.17, 15) is 0 Å². The van der Waals surface area contributed by atoms with Gasteiger partial charge in [-0.15, -0.1) is 11.6 Å². The molecule has 2 heterocycles. The lowest BCUT2D eigenvalue weighted by Gasteiger charge is -2.09. The van der Waals surface area contributed by atoms with Gasteiger partial charge < -0.3 is 9.47 Å². The maximum atomic E-state index is 5.68. The number of ether oxygens (including phenoxy) is 2. The van der Waals surface area contributed by atoms with E-state index in [4.69, 9.17) is 21.1 Å². The first-order valence-corrected chi connectivity index (χ1v) is 5.07. The van der Waals surface area contributed by atoms with Crippen LogP contribution in [-0.2, 0) is 16.5 Å². The van der Waals surface area contributed by atoms with Crippen molar-refractivity contribution in [2.45, 2.75) is 19.3 Å². The van der Waals surface area contributed by atoms with Gasteiger partial charge in [-0.05, 0) is 6.92 Å². The Kier molecular flexibility index (Phi) is 2.76. The molecule has 2 atom stereocenters. The Morgan fingerprint density at radius 1 is 1.71 bits per heavy atom. The zero-order valence-electron chi connectivity index (χ0n) is 8.24. The summed E-state index contributed by atoms with van der Waals surface area (Å²) >= 11 is 5.68. The van der Waals surface area contributed by atoms with Crippen molar-refractivity contribution in [3.8, 4) is 0 Å². The molecule has 78 valence electrons. The number of hydrogen-bond donors (Lipinski definition) is 0. The van der Waals surface area contributed by atoms with Crippen LogP contribution in [0.5, 0.6) is 0 Å². The minimum Gasteiger partial charge on any atom is -0.346 e. The molecule has 1 fully saturated rings. The highest BCUT2D eigenvalue weighted by Crippen LogP contribution is 2.28. The summed E-state index contributed by atoms with van der Waals surface area (Å²) in [6.45, 7) is 2.55. The molecule has 0 saturated carbocycles. The number of nitrogens with zero attached hydrogens (tertiary/aromatic N) is 2. The second-order valence-electron chi connectivity index (χ2n) is 3.39. The monoisotopic (exact) mass is 216 g/mol. The second-order valence-corrected chi connectivity index (χ2v) is 3.70. The van der Waals surface area contributed by atoms with Crippen molar-refractivity contribution in [1.82, 2.24) is 9.78 Å². The van der Waals surface area contributed by atoms with Crippen LogP contribution in [0.4, 0.5) is 0 Å². The highest BCUT2D eigenvalue weighted by Gasteiger charge is 2.28. The molecular weight excluding hydrogens is 204 g/mol. The summed E-state index contributed by atoms with van der Waals surface area (Å²) in [5.41, 5.74) is 2.05. The number of alkyl halides is 1. The predicted molar refractivity (Wildman–Crippen MR) is 52.2 cm³/mol. The summed E-state index contributed by atoms with van der Waals surface area (Å²) in [4.78, 5) is 0. The number of rotatable bonds is 2. The van der Waals surface area contributed by atoms with Crippen LogP contribution in [0.2, 0.25) is 0 Å². The van der Waals surface area contributed by atoms with Crippen LogP contribution < -0.4 is 0 Å². The molecule has 1 aliphatic heterocycles. The van der Waals surface area contributed by atoms with E-state index in [0.29, 0.717) is 12.5 Å². The smallest absolute Gasteiger partial charge is 0.187 e. The summed E-state index contributed by atoms with van der Waals surface area (Å²) in [5.74, 6) is 0.468. The van der Waals surface area contributed by atoms with E-state index in [1.165, 1.54) is 0 Å². The molecule has 0 spiro atoms. The first kappa shape index (κ1) is 9.96. The Hall–Kier alpha value is -0.580. The van der Waals surface area contributed by atoms with Crippen molar-refractivity contribution >= 4 is 11.6 Å². The maximum Gasteiger partial charge on any atom is 0.187 e. The van der Waals surface area contributed by atoms with E-state index in [0.717, 1.165) is 11.3 Å². The third-order valence-corrected chi connectivity index (χ3v) is 2.79. The van der Waals surface area contributed by atoms with Crippen LogP contribution in [0.25, 0.3) is 0 Å². The van der Waals surface area contributed by atoms with E-state index < -0.39 is 0 Å². The Bertz CT molecular complexity index is 327. The SMILES string of the molecule is Cc1c(C2OCC(CCl)O2)cnn1C. The van der Waals surface area contributed by atoms with Crippen LogP contribution in [0.1, 0.15) is 17.5 Å². The Morgan fingerprint density at radius 3 is 3.00 bits per heavy atom. The molecule has 0 radical (unpaired) electrons. The lowest BCUT2D eigenvalue weighted by molar-refractivity contribution is -0.0571. The van der Waals surface area contributed by atoms with Crippen molar-refractivity contribution in [1.29, 1.82) is 0 Å². The highest BCUT2D eigenvalue weighted by atomic mass is 35.5. The fraction of sp³-hybridized carbons (Fsp3) is 0.667. The standard InChI is InChI=1S/C9H13ClN2O2/c1-6-8(4-11-12(6)2)9-13-5-7(3-10)14-9/h4,7,9H,3,5H2,1-2H3. The van der Waals surface area contributed by atoms with Crippen molar-refractivity contribution in [3.63, 3.8) is 0 Å². The zero-order chi connectivity index (χ0) is 10.1. The maximum absolute atomic E-state index is 5.68. The van der Waals surface area contributed by atoms with Gasteiger partial charge in [-0.25, -0.2) is 0 Å². The van der Waals surface area contributed by atoms with Crippen LogP contribution in [0.15, 0.2) is 6.20 Å². The lowest BCUT2D eigenvalue weighted by atomic mass is 10.2. The molecular formula is C9H13ClN2O2. The molecule has 1 aromatic heterocycles. The first-order valence-electron chi connectivity index (χ1n) is 4.54. The predicted octanol–water partition coefficient (Wildman–Crippen LogP) is 1.38. The Morgan fingerprint density at radius 2 is 2.50 bits per heavy atom. The number of aromatic nitrogens is 2. The third kappa shape index (κ3) is 1.65. The molecule has 0 aromatic carbocycles. The number of aryl methyl sites for hydroxylation is 1. The summed E-state index contributed by atoms with van der Waals surface area (Å²) in [6, 6.07) is 0. The van der Waals surface area contributed by atoms with Gasteiger partial charge in [0.1, 0.15) is 0 Å². The minimum atomic E-state index is -0.299. The number of halogens is 1. The number of hydrogen-bond acceptors (Lipinski definition) is 3. The fourth-order valence-corrected chi connectivity index (χ4v) is 1.60. The van der Waals surface area contributed by atoms with Gasteiger partial charge >= 0.3 is 0 Å². The third-order valence-electron chi connectivity index (χ3n) is 2.45. The van der Waals surface area contributed by atoms with E-state index >= 15 is 0 Å². The molecule has 0 bridgehead atoms. The quantitative estimate of drug-likeness (QED) is 0.701. The molecule has 5 heteroatoms. The molecule has 2 rings (SSSR count). The normalized spacial score (nSPS) is 27.1. The molecule has 0 N–H and O–H groups in total. The van der Waals surface area contributed by atoms with Gasteiger partial charge in [-0.3, -0.25) is 4.68 Å². The van der Waals surface area contributed by atoms with Crippen LogP contribution >= 0.6 is 11.6 Å². The summed E-state index contributed by atoms with van der Waals surface area (Å²) < 4.78 is 12.9. The molecule has 2 unspecified atom stereocenters. The molecule has 1 saturated heterocycles. The topological polar surface area (TPSA) is 36.3 Å². The van der Waals surface area contributed by atoms with E-state index in [-0.39, 0.29) is 12.4 Å². The molecule has 0 amide bonds. The van der Waals surface area contributed by atoms with Gasteiger partial charge in [-0.2, -0.15) is 5.10 Å². The summed E-state index contributed by atoms with van der Waals surface area (Å²) in [5, 5.41) is 4.14. The minimum absolute atomic E-state index is 0.00118. The lowest BCUT2D eigenvalue weighted by Crippen LogP contribution is -2.11. The fourth-order valence-electron chi connectivity index (χ4n) is 1.44. The second kappa shape index (κ2) is 3.88. The van der Waals surface area contributed by atoms with Gasteiger partial charge in [0.25, 0.3) is 0 Å². The van der Waals surface area contributed by atoms with Crippen molar-refractivity contribution < 1.29 is 9.47 Å². The molecule has 4 nitrogen and oxygen atoms in total. The van der Waals surface area contributed by atoms with Crippen LogP contribution in [-0.4, -0.2) is 28.4 Å². The summed E-state index contributed by atoms with van der Waals surface area (Å²) in [7, 11) is 1.90. The first-order chi connectivity index (χ1) is 6.72. The zero-order valence-corrected chi connectivity index (χ0v) is 8.99. The largest absolute Gasteiger partial charge is 0.346 e. The van der Waals surface area contributed by atoms with Gasteiger partial charge in [0.15, 0.2) is 6.29 Å². The molecule has 0 aliphatic carbocycles. The van der Waals surface area contributed by atoms with Gasteiger partial charge in [0, 0.05) is 18.3 Å². The molecule has 1 aromatic rings.